The van der Waals surface area contributed by atoms with Crippen LogP contribution < -0.4 is 5.32 Å². The molecule has 11 heteroatoms. The molecule has 0 aromatic carbocycles. The maximum Gasteiger partial charge on any atom is 0.320 e. The van der Waals surface area contributed by atoms with Crippen molar-refractivity contribution in [2.75, 3.05) is 32.1 Å². The van der Waals surface area contributed by atoms with Crippen LogP contribution in [-0.4, -0.2) is 80.9 Å². The van der Waals surface area contributed by atoms with Gasteiger partial charge < -0.3 is 10.2 Å². The number of amides is 2. The van der Waals surface area contributed by atoms with Gasteiger partial charge in [-0.05, 0) is 6.92 Å². The normalized spacial score (nSPS) is 29.4. The third kappa shape index (κ3) is 2.50. The van der Waals surface area contributed by atoms with Gasteiger partial charge in [-0.1, -0.05) is 0 Å². The number of urea groups is 1. The van der Waals surface area contributed by atoms with Crippen LogP contribution in [0.2, 0.25) is 0 Å². The second-order valence-corrected chi connectivity index (χ2v) is 8.71. The highest BCUT2D eigenvalue weighted by Gasteiger charge is 2.52. The summed E-state index contributed by atoms with van der Waals surface area (Å²) in [6, 6.07) is -0.466. The summed E-state index contributed by atoms with van der Waals surface area (Å²) in [7, 11) is -7.07. The molecular formula is C9H18N4O5S2. The van der Waals surface area contributed by atoms with Crippen LogP contribution in [0.15, 0.2) is 0 Å². The van der Waals surface area contributed by atoms with E-state index >= 15 is 0 Å². The summed E-state index contributed by atoms with van der Waals surface area (Å²) >= 11 is 0. The highest BCUT2D eigenvalue weighted by molar-refractivity contribution is 7.88. The number of fused-ring (bicyclic) bond motifs is 1. The molecule has 9 nitrogen and oxygen atoms in total. The first-order valence-corrected chi connectivity index (χ1v) is 9.78. The van der Waals surface area contributed by atoms with Crippen LogP contribution >= 0.6 is 0 Å². The summed E-state index contributed by atoms with van der Waals surface area (Å²) in [6.45, 7) is 2.04. The Morgan fingerprint density at radius 2 is 1.60 bits per heavy atom. The standard InChI is InChI=1S/C9H18N4O5S2/c1-4-11-8-7(10-9(11)14)12(19(2,15)16)5-6-13(8)20(3,17)18/h7-8H,4-6H2,1-3H3,(H,10,14)/t7-,8+/m1/s1. The smallest absolute Gasteiger partial charge is 0.318 e. The van der Waals surface area contributed by atoms with Crippen LogP contribution in [-0.2, 0) is 20.0 Å². The van der Waals surface area contributed by atoms with Crippen LogP contribution in [0.25, 0.3) is 0 Å². The summed E-state index contributed by atoms with van der Waals surface area (Å²) < 4.78 is 49.5. The molecule has 0 spiro atoms. The van der Waals surface area contributed by atoms with E-state index in [1.807, 2.05) is 0 Å². The zero-order valence-corrected chi connectivity index (χ0v) is 13.1. The van der Waals surface area contributed by atoms with E-state index in [2.05, 4.69) is 5.32 Å². The number of hydrogen-bond donors (Lipinski definition) is 1. The number of nitrogens with zero attached hydrogens (tertiary/aromatic N) is 3. The lowest BCUT2D eigenvalue weighted by atomic mass is 10.3. The maximum atomic E-state index is 11.9. The van der Waals surface area contributed by atoms with E-state index < -0.39 is 38.4 Å². The summed E-state index contributed by atoms with van der Waals surface area (Å²) in [6.07, 6.45) is 0.365. The third-order valence-electron chi connectivity index (χ3n) is 3.47. The number of carbonyl (C=O) groups is 1. The molecule has 0 aliphatic carbocycles. The molecule has 2 aliphatic heterocycles. The first-order valence-electron chi connectivity index (χ1n) is 6.08. The van der Waals surface area contributed by atoms with E-state index in [1.165, 1.54) is 9.21 Å². The second-order valence-electron chi connectivity index (χ2n) is 4.84. The topological polar surface area (TPSA) is 107 Å². The van der Waals surface area contributed by atoms with E-state index in [-0.39, 0.29) is 19.6 Å². The van der Waals surface area contributed by atoms with Gasteiger partial charge in [-0.15, -0.1) is 0 Å². The first-order chi connectivity index (χ1) is 9.07. The molecule has 2 rings (SSSR count). The fraction of sp³-hybridized carbons (Fsp3) is 0.889. The number of likely N-dealkylation sites (N-methyl/N-ethyl adjacent to an activating group) is 1. The molecule has 2 amide bonds. The molecule has 2 atom stereocenters. The number of piperazine rings is 1. The van der Waals surface area contributed by atoms with Gasteiger partial charge in [-0.25, -0.2) is 21.6 Å². The van der Waals surface area contributed by atoms with Gasteiger partial charge in [0.1, 0.15) is 12.3 Å². The SMILES string of the molecule is CCN1C(=O)N[C@H]2[C@@H]1N(S(C)(=O)=O)CCN2S(C)(=O)=O. The Morgan fingerprint density at radius 1 is 1.10 bits per heavy atom. The number of nitrogens with one attached hydrogen (secondary N) is 1. The number of hydrogen-bond acceptors (Lipinski definition) is 5. The minimum Gasteiger partial charge on any atom is -0.318 e. The summed E-state index contributed by atoms with van der Waals surface area (Å²) in [5, 5.41) is 2.54. The molecule has 0 saturated carbocycles. The molecule has 20 heavy (non-hydrogen) atoms. The van der Waals surface area contributed by atoms with E-state index in [0.717, 1.165) is 16.8 Å². The van der Waals surface area contributed by atoms with E-state index in [4.69, 9.17) is 0 Å². The lowest BCUT2D eigenvalue weighted by molar-refractivity contribution is 0.0706. The predicted octanol–water partition coefficient (Wildman–Crippen LogP) is -1.78. The van der Waals surface area contributed by atoms with Crippen molar-refractivity contribution in [2.45, 2.75) is 19.3 Å². The second kappa shape index (κ2) is 4.83. The molecule has 2 aliphatic rings. The van der Waals surface area contributed by atoms with Crippen LogP contribution in [0.3, 0.4) is 0 Å². The number of rotatable bonds is 3. The van der Waals surface area contributed by atoms with Crippen molar-refractivity contribution >= 4 is 26.1 Å². The average molecular weight is 326 g/mol. The maximum absolute atomic E-state index is 11.9. The summed E-state index contributed by atoms with van der Waals surface area (Å²) in [5.74, 6) is 0. The van der Waals surface area contributed by atoms with E-state index in [9.17, 15) is 21.6 Å². The molecule has 0 bridgehead atoms. The molecule has 116 valence electrons. The van der Waals surface area contributed by atoms with Gasteiger partial charge in [-0.2, -0.15) is 8.61 Å². The van der Waals surface area contributed by atoms with Gasteiger partial charge >= 0.3 is 6.03 Å². The van der Waals surface area contributed by atoms with Crippen LogP contribution in [0.1, 0.15) is 6.92 Å². The Morgan fingerprint density at radius 3 is 2.05 bits per heavy atom. The average Bonchev–Trinajstić information content (AvgIpc) is 2.60. The predicted molar refractivity (Wildman–Crippen MR) is 71.6 cm³/mol. The van der Waals surface area contributed by atoms with Gasteiger partial charge in [0.2, 0.25) is 20.0 Å². The Kier molecular flexibility index (Phi) is 3.73. The highest BCUT2D eigenvalue weighted by atomic mass is 32.2. The van der Waals surface area contributed by atoms with Crippen molar-refractivity contribution in [1.82, 2.24) is 18.8 Å². The molecular weight excluding hydrogens is 308 g/mol. The lowest BCUT2D eigenvalue weighted by Crippen LogP contribution is -2.65. The van der Waals surface area contributed by atoms with Crippen molar-refractivity contribution in [1.29, 1.82) is 0 Å². The zero-order valence-electron chi connectivity index (χ0n) is 11.5. The fourth-order valence-corrected chi connectivity index (χ4v) is 4.66. The van der Waals surface area contributed by atoms with Crippen molar-refractivity contribution in [3.8, 4) is 0 Å². The van der Waals surface area contributed by atoms with Crippen LogP contribution in [0.5, 0.6) is 0 Å². The molecule has 0 aromatic rings. The summed E-state index contributed by atoms with van der Waals surface area (Å²) in [5.41, 5.74) is 0. The van der Waals surface area contributed by atoms with Crippen molar-refractivity contribution in [3.05, 3.63) is 0 Å². The Balaban J connectivity index is 2.46. The minimum atomic E-state index is -3.54. The third-order valence-corrected chi connectivity index (χ3v) is 5.98. The van der Waals surface area contributed by atoms with Gasteiger partial charge in [-0.3, -0.25) is 0 Å². The molecule has 0 unspecified atom stereocenters. The highest BCUT2D eigenvalue weighted by Crippen LogP contribution is 2.27. The molecule has 0 aromatic heterocycles. The zero-order chi connectivity index (χ0) is 15.3. The van der Waals surface area contributed by atoms with Gasteiger partial charge in [0.25, 0.3) is 0 Å². The monoisotopic (exact) mass is 326 g/mol. The van der Waals surface area contributed by atoms with Gasteiger partial charge in [0.05, 0.1) is 12.5 Å². The van der Waals surface area contributed by atoms with Gasteiger partial charge in [0, 0.05) is 19.6 Å². The Labute approximate surface area is 118 Å². The summed E-state index contributed by atoms with van der Waals surface area (Å²) in [4.78, 5) is 13.2. The molecule has 2 fully saturated rings. The Bertz CT molecular complexity index is 616. The fourth-order valence-electron chi connectivity index (χ4n) is 2.64. The largest absolute Gasteiger partial charge is 0.320 e. The number of sulfonamides is 2. The Hall–Kier alpha value is -0.910. The van der Waals surface area contributed by atoms with Crippen molar-refractivity contribution < 1.29 is 21.6 Å². The van der Waals surface area contributed by atoms with Crippen LogP contribution in [0.4, 0.5) is 4.79 Å². The quantitative estimate of drug-likeness (QED) is 0.660. The van der Waals surface area contributed by atoms with Gasteiger partial charge in [0.15, 0.2) is 0 Å². The molecule has 1 N–H and O–H groups in total. The first kappa shape index (κ1) is 15.5. The van der Waals surface area contributed by atoms with E-state index in [1.54, 1.807) is 6.92 Å². The molecule has 2 heterocycles. The van der Waals surface area contributed by atoms with Crippen molar-refractivity contribution in [2.24, 2.45) is 0 Å². The van der Waals surface area contributed by atoms with Crippen LogP contribution in [0, 0.1) is 0 Å². The van der Waals surface area contributed by atoms with Crippen molar-refractivity contribution in [3.63, 3.8) is 0 Å². The lowest BCUT2D eigenvalue weighted by Gasteiger charge is -2.42. The number of carbonyl (C=O) groups excluding carboxylic acids is 1. The molecule has 0 radical (unpaired) electrons. The molecule has 2 saturated heterocycles. The minimum absolute atomic E-state index is 0.0188. The van der Waals surface area contributed by atoms with E-state index in [0.29, 0.717) is 0 Å².